The van der Waals surface area contributed by atoms with Crippen molar-refractivity contribution in [3.05, 3.63) is 47.6 Å². The van der Waals surface area contributed by atoms with E-state index in [0.717, 1.165) is 5.56 Å². The van der Waals surface area contributed by atoms with Gasteiger partial charge in [-0.2, -0.15) is 4.98 Å². The Morgan fingerprint density at radius 1 is 1.42 bits per heavy atom. The second-order valence-corrected chi connectivity index (χ2v) is 4.35. The highest BCUT2D eigenvalue weighted by Gasteiger charge is 2.34. The van der Waals surface area contributed by atoms with Crippen LogP contribution in [-0.4, -0.2) is 28.8 Å². The molecule has 0 aliphatic carbocycles. The zero-order valence-electron chi connectivity index (χ0n) is 10.4. The Kier molecular flexibility index (Phi) is 3.00. The third-order valence-corrected chi connectivity index (χ3v) is 2.85. The van der Waals surface area contributed by atoms with E-state index in [-0.39, 0.29) is 12.0 Å². The van der Waals surface area contributed by atoms with Gasteiger partial charge in [-0.3, -0.25) is 4.79 Å². The van der Waals surface area contributed by atoms with Crippen molar-refractivity contribution in [1.82, 2.24) is 15.5 Å². The lowest BCUT2D eigenvalue weighted by molar-refractivity contribution is -0.122. The van der Waals surface area contributed by atoms with Crippen molar-refractivity contribution in [3.63, 3.8) is 0 Å². The van der Waals surface area contributed by atoms with E-state index in [0.29, 0.717) is 18.3 Å². The van der Waals surface area contributed by atoms with Crippen LogP contribution in [0.5, 0.6) is 0 Å². The molecule has 0 spiro atoms. The lowest BCUT2D eigenvalue weighted by Crippen LogP contribution is -2.33. The van der Waals surface area contributed by atoms with Crippen molar-refractivity contribution in [1.29, 1.82) is 0 Å². The van der Waals surface area contributed by atoms with Crippen LogP contribution in [0.3, 0.4) is 0 Å². The first-order valence-electron chi connectivity index (χ1n) is 6.01. The number of ether oxygens (including phenoxy) is 1. The molecular weight excluding hydrogens is 246 g/mol. The van der Waals surface area contributed by atoms with Crippen LogP contribution in [0, 0.1) is 6.92 Å². The fraction of sp³-hybridized carbons (Fsp3) is 0.308. The Morgan fingerprint density at radius 2 is 2.16 bits per heavy atom. The third-order valence-electron chi connectivity index (χ3n) is 2.85. The zero-order valence-corrected chi connectivity index (χ0v) is 10.4. The molecule has 3 rings (SSSR count). The first kappa shape index (κ1) is 11.9. The molecule has 6 nitrogen and oxygen atoms in total. The van der Waals surface area contributed by atoms with Gasteiger partial charge in [0.25, 0.3) is 5.91 Å². The standard InChI is InChI=1S/C13H13N3O3/c1-8-14-12(16-19-8)11(9-5-3-2-4-6-9)15-13(17)10-7-18-10/h2-6,10-11H,7H2,1H3,(H,15,17). The van der Waals surface area contributed by atoms with Crippen LogP contribution in [-0.2, 0) is 9.53 Å². The van der Waals surface area contributed by atoms with Gasteiger partial charge in [-0.05, 0) is 5.56 Å². The lowest BCUT2D eigenvalue weighted by atomic mass is 10.1. The molecular formula is C13H13N3O3. The van der Waals surface area contributed by atoms with Gasteiger partial charge in [-0.1, -0.05) is 35.5 Å². The molecule has 0 radical (unpaired) electrons. The number of hydrogen-bond donors (Lipinski definition) is 1. The summed E-state index contributed by atoms with van der Waals surface area (Å²) in [4.78, 5) is 16.0. The molecule has 1 saturated heterocycles. The van der Waals surface area contributed by atoms with Crippen LogP contribution in [0.2, 0.25) is 0 Å². The van der Waals surface area contributed by atoms with Crippen molar-refractivity contribution < 1.29 is 14.1 Å². The molecule has 1 aliphatic heterocycles. The molecule has 1 aromatic heterocycles. The van der Waals surface area contributed by atoms with E-state index in [2.05, 4.69) is 15.5 Å². The molecule has 2 unspecified atom stereocenters. The number of benzene rings is 1. The maximum absolute atomic E-state index is 11.8. The summed E-state index contributed by atoms with van der Waals surface area (Å²) in [6, 6.07) is 9.10. The third kappa shape index (κ3) is 2.63. The van der Waals surface area contributed by atoms with Crippen molar-refractivity contribution in [2.24, 2.45) is 0 Å². The van der Waals surface area contributed by atoms with Gasteiger partial charge in [0.1, 0.15) is 6.04 Å². The summed E-state index contributed by atoms with van der Waals surface area (Å²) in [5, 5.41) is 6.76. The van der Waals surface area contributed by atoms with E-state index >= 15 is 0 Å². The minimum absolute atomic E-state index is 0.156. The molecule has 98 valence electrons. The molecule has 0 saturated carbocycles. The molecule has 6 heteroatoms. The Bertz CT molecular complexity index is 578. The van der Waals surface area contributed by atoms with Crippen molar-refractivity contribution in [3.8, 4) is 0 Å². The highest BCUT2D eigenvalue weighted by molar-refractivity contribution is 5.83. The average molecular weight is 259 g/mol. The van der Waals surface area contributed by atoms with E-state index in [1.807, 2.05) is 30.3 Å². The maximum Gasteiger partial charge on any atom is 0.252 e. The lowest BCUT2D eigenvalue weighted by Gasteiger charge is -2.14. The van der Waals surface area contributed by atoms with Crippen LogP contribution in [0.25, 0.3) is 0 Å². The van der Waals surface area contributed by atoms with Crippen molar-refractivity contribution >= 4 is 5.91 Å². The van der Waals surface area contributed by atoms with Gasteiger partial charge in [0, 0.05) is 6.92 Å². The number of epoxide rings is 1. The number of aromatic nitrogens is 2. The summed E-state index contributed by atoms with van der Waals surface area (Å²) in [5.74, 6) is 0.752. The summed E-state index contributed by atoms with van der Waals surface area (Å²) in [7, 11) is 0. The largest absolute Gasteiger partial charge is 0.363 e. The number of amides is 1. The van der Waals surface area contributed by atoms with Gasteiger partial charge in [-0.25, -0.2) is 0 Å². The van der Waals surface area contributed by atoms with Crippen molar-refractivity contribution in [2.45, 2.75) is 19.1 Å². The maximum atomic E-state index is 11.8. The number of hydrogen-bond acceptors (Lipinski definition) is 5. The molecule has 1 N–H and O–H groups in total. The number of carbonyl (C=O) groups is 1. The van der Waals surface area contributed by atoms with Gasteiger partial charge in [-0.15, -0.1) is 0 Å². The van der Waals surface area contributed by atoms with Crippen molar-refractivity contribution in [2.75, 3.05) is 6.61 Å². The predicted molar refractivity (Wildman–Crippen MR) is 65.2 cm³/mol. The monoisotopic (exact) mass is 259 g/mol. The number of nitrogens with one attached hydrogen (secondary N) is 1. The average Bonchev–Trinajstić information content (AvgIpc) is 3.20. The number of carbonyl (C=O) groups excluding carboxylic acids is 1. The SMILES string of the molecule is Cc1nc(C(NC(=O)C2CO2)c2ccccc2)no1. The molecule has 1 amide bonds. The molecule has 1 aliphatic rings. The van der Waals surface area contributed by atoms with Crippen LogP contribution >= 0.6 is 0 Å². The number of nitrogens with zero attached hydrogens (tertiary/aromatic N) is 2. The summed E-state index contributed by atoms with van der Waals surface area (Å²) in [5.41, 5.74) is 0.900. The predicted octanol–water partition coefficient (Wildman–Crippen LogP) is 0.982. The zero-order chi connectivity index (χ0) is 13.2. The minimum atomic E-state index is -0.421. The Balaban J connectivity index is 1.88. The summed E-state index contributed by atoms with van der Waals surface area (Å²) in [6.45, 7) is 2.18. The normalized spacial score (nSPS) is 18.9. The minimum Gasteiger partial charge on any atom is -0.363 e. The highest BCUT2D eigenvalue weighted by Crippen LogP contribution is 2.21. The fourth-order valence-corrected chi connectivity index (χ4v) is 1.81. The highest BCUT2D eigenvalue weighted by atomic mass is 16.6. The van der Waals surface area contributed by atoms with Crippen LogP contribution in [0.1, 0.15) is 23.3 Å². The second-order valence-electron chi connectivity index (χ2n) is 4.35. The van der Waals surface area contributed by atoms with E-state index in [1.165, 1.54) is 0 Å². The van der Waals surface area contributed by atoms with Crippen LogP contribution < -0.4 is 5.32 Å². The summed E-state index contributed by atoms with van der Waals surface area (Å²) in [6.07, 6.45) is -0.348. The van der Waals surface area contributed by atoms with Crippen LogP contribution in [0.4, 0.5) is 0 Å². The Labute approximate surface area is 109 Å². The Hall–Kier alpha value is -2.21. The smallest absolute Gasteiger partial charge is 0.252 e. The molecule has 1 fully saturated rings. The van der Waals surface area contributed by atoms with E-state index in [9.17, 15) is 4.79 Å². The second kappa shape index (κ2) is 4.81. The Morgan fingerprint density at radius 3 is 2.74 bits per heavy atom. The topological polar surface area (TPSA) is 80.5 Å². The number of aryl methyl sites for hydroxylation is 1. The molecule has 2 atom stereocenters. The molecule has 1 aromatic carbocycles. The van der Waals surface area contributed by atoms with E-state index in [1.54, 1.807) is 6.92 Å². The van der Waals surface area contributed by atoms with E-state index < -0.39 is 6.04 Å². The quantitative estimate of drug-likeness (QED) is 0.828. The van der Waals surface area contributed by atoms with Gasteiger partial charge >= 0.3 is 0 Å². The number of rotatable bonds is 4. The fourth-order valence-electron chi connectivity index (χ4n) is 1.81. The molecule has 2 heterocycles. The molecule has 19 heavy (non-hydrogen) atoms. The summed E-state index contributed by atoms with van der Waals surface area (Å²) < 4.78 is 9.95. The van der Waals surface area contributed by atoms with Crippen LogP contribution in [0.15, 0.2) is 34.9 Å². The molecule has 2 aromatic rings. The van der Waals surface area contributed by atoms with Gasteiger partial charge in [0.2, 0.25) is 5.89 Å². The molecule has 0 bridgehead atoms. The van der Waals surface area contributed by atoms with Gasteiger partial charge < -0.3 is 14.6 Å². The first-order chi connectivity index (χ1) is 9.24. The van der Waals surface area contributed by atoms with E-state index in [4.69, 9.17) is 9.26 Å². The summed E-state index contributed by atoms with van der Waals surface area (Å²) >= 11 is 0. The van der Waals surface area contributed by atoms with Gasteiger partial charge in [0.05, 0.1) is 6.61 Å². The van der Waals surface area contributed by atoms with Gasteiger partial charge in [0.15, 0.2) is 11.9 Å². The first-order valence-corrected chi connectivity index (χ1v) is 6.01.